The SMILES string of the molecule is C/C(=N\NC(=O)c1cc(-c2ccc(Cl)cc2)nc2ccc(Cl)cc12)c1cccc(NC(=O)C(C)C)c1. The summed E-state index contributed by atoms with van der Waals surface area (Å²) in [6.45, 7) is 5.44. The van der Waals surface area contributed by atoms with Gasteiger partial charge in [0.1, 0.15) is 0 Å². The highest BCUT2D eigenvalue weighted by atomic mass is 35.5. The van der Waals surface area contributed by atoms with Crippen molar-refractivity contribution in [1.82, 2.24) is 10.4 Å². The first kappa shape index (κ1) is 25.4. The zero-order valence-electron chi connectivity index (χ0n) is 20.0. The molecule has 0 bridgehead atoms. The highest BCUT2D eigenvalue weighted by molar-refractivity contribution is 6.31. The lowest BCUT2D eigenvalue weighted by Gasteiger charge is -2.11. The lowest BCUT2D eigenvalue weighted by molar-refractivity contribution is -0.118. The summed E-state index contributed by atoms with van der Waals surface area (Å²) in [6, 6.07) is 21.5. The zero-order valence-corrected chi connectivity index (χ0v) is 21.5. The molecule has 36 heavy (non-hydrogen) atoms. The number of pyridine rings is 1. The van der Waals surface area contributed by atoms with Gasteiger partial charge in [0, 0.05) is 32.6 Å². The Morgan fingerprint density at radius 3 is 2.36 bits per heavy atom. The molecule has 0 saturated heterocycles. The molecule has 6 nitrogen and oxygen atoms in total. The number of hydrazone groups is 1. The third-order valence-corrected chi connectivity index (χ3v) is 6.04. The smallest absolute Gasteiger partial charge is 0.272 e. The molecule has 1 heterocycles. The Kier molecular flexibility index (Phi) is 7.67. The van der Waals surface area contributed by atoms with Gasteiger partial charge in [0.05, 0.1) is 22.5 Å². The molecule has 1 aromatic heterocycles. The third kappa shape index (κ3) is 5.90. The van der Waals surface area contributed by atoms with E-state index in [1.807, 2.05) is 44.2 Å². The van der Waals surface area contributed by atoms with Gasteiger partial charge in [0.15, 0.2) is 0 Å². The van der Waals surface area contributed by atoms with Crippen LogP contribution in [0.25, 0.3) is 22.2 Å². The number of amides is 2. The van der Waals surface area contributed by atoms with Gasteiger partial charge in [-0.3, -0.25) is 9.59 Å². The van der Waals surface area contributed by atoms with E-state index in [4.69, 9.17) is 28.2 Å². The number of halogens is 2. The molecule has 3 aromatic carbocycles. The molecule has 0 saturated carbocycles. The summed E-state index contributed by atoms with van der Waals surface area (Å²) in [7, 11) is 0. The van der Waals surface area contributed by atoms with Gasteiger partial charge in [0.25, 0.3) is 5.91 Å². The molecule has 2 N–H and O–H groups in total. The Hall–Kier alpha value is -3.74. The van der Waals surface area contributed by atoms with E-state index >= 15 is 0 Å². The van der Waals surface area contributed by atoms with Crippen molar-refractivity contribution in [2.75, 3.05) is 5.32 Å². The second-order valence-corrected chi connectivity index (χ2v) is 9.46. The molecule has 4 rings (SSSR count). The number of anilines is 1. The number of carbonyl (C=O) groups is 2. The molecule has 0 aliphatic rings. The molecule has 182 valence electrons. The number of rotatable bonds is 6. The van der Waals surface area contributed by atoms with Crippen molar-refractivity contribution < 1.29 is 9.59 Å². The van der Waals surface area contributed by atoms with Gasteiger partial charge < -0.3 is 5.32 Å². The summed E-state index contributed by atoms with van der Waals surface area (Å²) >= 11 is 12.2. The van der Waals surface area contributed by atoms with E-state index < -0.39 is 5.91 Å². The van der Waals surface area contributed by atoms with Crippen molar-refractivity contribution in [3.8, 4) is 11.3 Å². The van der Waals surface area contributed by atoms with Crippen LogP contribution >= 0.6 is 23.2 Å². The molecule has 0 atom stereocenters. The third-order valence-electron chi connectivity index (χ3n) is 5.55. The van der Waals surface area contributed by atoms with Crippen LogP contribution in [0.2, 0.25) is 10.0 Å². The van der Waals surface area contributed by atoms with Crippen LogP contribution in [0, 0.1) is 5.92 Å². The topological polar surface area (TPSA) is 83.4 Å². The van der Waals surface area contributed by atoms with E-state index in [0.717, 1.165) is 11.1 Å². The molecule has 0 aliphatic carbocycles. The minimum atomic E-state index is -0.400. The zero-order chi connectivity index (χ0) is 25.8. The minimum Gasteiger partial charge on any atom is -0.326 e. The van der Waals surface area contributed by atoms with E-state index in [1.54, 1.807) is 49.4 Å². The first-order chi connectivity index (χ1) is 17.2. The quantitative estimate of drug-likeness (QED) is 0.213. The number of benzene rings is 3. The number of aromatic nitrogens is 1. The van der Waals surface area contributed by atoms with Crippen LogP contribution in [0.4, 0.5) is 5.69 Å². The van der Waals surface area contributed by atoms with Crippen molar-refractivity contribution in [3.63, 3.8) is 0 Å². The molecule has 0 fully saturated rings. The Morgan fingerprint density at radius 1 is 0.917 bits per heavy atom. The van der Waals surface area contributed by atoms with E-state index in [0.29, 0.717) is 43.6 Å². The van der Waals surface area contributed by atoms with E-state index in [1.165, 1.54) is 0 Å². The molecular formula is C28H24Cl2N4O2. The summed E-state index contributed by atoms with van der Waals surface area (Å²) in [5.74, 6) is -0.609. The number of nitrogens with zero attached hydrogens (tertiary/aromatic N) is 2. The van der Waals surface area contributed by atoms with Crippen molar-refractivity contribution in [3.05, 3.63) is 94.0 Å². The fourth-order valence-corrected chi connectivity index (χ4v) is 3.82. The first-order valence-electron chi connectivity index (χ1n) is 11.3. The molecule has 0 radical (unpaired) electrons. The summed E-state index contributed by atoms with van der Waals surface area (Å²) in [6.07, 6.45) is 0. The summed E-state index contributed by atoms with van der Waals surface area (Å²) < 4.78 is 0. The average Bonchev–Trinajstić information content (AvgIpc) is 2.87. The Bertz CT molecular complexity index is 1480. The fraction of sp³-hybridized carbons (Fsp3) is 0.143. The molecule has 2 amide bonds. The van der Waals surface area contributed by atoms with Crippen LogP contribution in [0.3, 0.4) is 0 Å². The summed E-state index contributed by atoms with van der Waals surface area (Å²) in [5, 5.41) is 8.90. The second-order valence-electron chi connectivity index (χ2n) is 8.59. The molecule has 4 aromatic rings. The van der Waals surface area contributed by atoms with Gasteiger partial charge >= 0.3 is 0 Å². The van der Waals surface area contributed by atoms with Crippen LogP contribution < -0.4 is 10.7 Å². The van der Waals surface area contributed by atoms with Gasteiger partial charge in [-0.25, -0.2) is 10.4 Å². The maximum absolute atomic E-state index is 13.3. The number of hydrogen-bond donors (Lipinski definition) is 2. The normalized spacial score (nSPS) is 11.6. The summed E-state index contributed by atoms with van der Waals surface area (Å²) in [4.78, 5) is 30.0. The highest BCUT2D eigenvalue weighted by Crippen LogP contribution is 2.28. The van der Waals surface area contributed by atoms with Gasteiger partial charge in [0.2, 0.25) is 5.91 Å². The van der Waals surface area contributed by atoms with Gasteiger partial charge in [-0.05, 0) is 61.0 Å². The Labute approximate surface area is 219 Å². The van der Waals surface area contributed by atoms with Gasteiger partial charge in [-0.1, -0.05) is 61.3 Å². The molecule has 0 spiro atoms. The number of carbonyl (C=O) groups excluding carboxylic acids is 2. The molecule has 0 unspecified atom stereocenters. The van der Waals surface area contributed by atoms with Gasteiger partial charge in [-0.2, -0.15) is 5.10 Å². The van der Waals surface area contributed by atoms with E-state index in [2.05, 4.69) is 15.8 Å². The van der Waals surface area contributed by atoms with Crippen LogP contribution in [0.5, 0.6) is 0 Å². The molecule has 8 heteroatoms. The van der Waals surface area contributed by atoms with Crippen LogP contribution in [0.15, 0.2) is 77.9 Å². The standard InChI is InChI=1S/C28H24Cl2N4O2/c1-16(2)27(35)31-22-6-4-5-19(13-22)17(3)33-34-28(36)24-15-26(18-7-9-20(29)10-8-18)32-25-12-11-21(30)14-23(24)25/h4-16H,1-3H3,(H,31,35)(H,34,36)/b33-17+. The number of nitrogens with one attached hydrogen (secondary N) is 2. The van der Waals surface area contributed by atoms with Crippen molar-refractivity contribution >= 4 is 57.3 Å². The number of fused-ring (bicyclic) bond motifs is 1. The van der Waals surface area contributed by atoms with Crippen molar-refractivity contribution in [2.24, 2.45) is 11.0 Å². The summed E-state index contributed by atoms with van der Waals surface area (Å²) in [5.41, 5.74) is 7.12. The predicted octanol–water partition coefficient (Wildman–Crippen LogP) is 6.96. The maximum atomic E-state index is 13.3. The Morgan fingerprint density at radius 2 is 1.64 bits per heavy atom. The molecule has 0 aliphatic heterocycles. The number of hydrogen-bond acceptors (Lipinski definition) is 4. The highest BCUT2D eigenvalue weighted by Gasteiger charge is 2.15. The lowest BCUT2D eigenvalue weighted by Crippen LogP contribution is -2.20. The van der Waals surface area contributed by atoms with Crippen LogP contribution in [0.1, 0.15) is 36.7 Å². The lowest BCUT2D eigenvalue weighted by atomic mass is 10.0. The van der Waals surface area contributed by atoms with E-state index in [-0.39, 0.29) is 11.8 Å². The van der Waals surface area contributed by atoms with Gasteiger partial charge in [-0.15, -0.1) is 0 Å². The largest absolute Gasteiger partial charge is 0.326 e. The van der Waals surface area contributed by atoms with Crippen LogP contribution in [-0.4, -0.2) is 22.5 Å². The predicted molar refractivity (Wildman–Crippen MR) is 147 cm³/mol. The van der Waals surface area contributed by atoms with Crippen LogP contribution in [-0.2, 0) is 4.79 Å². The second kappa shape index (κ2) is 10.9. The molecular weight excluding hydrogens is 495 g/mol. The maximum Gasteiger partial charge on any atom is 0.272 e. The monoisotopic (exact) mass is 518 g/mol. The Balaban J connectivity index is 1.64. The fourth-order valence-electron chi connectivity index (χ4n) is 3.52. The minimum absolute atomic E-state index is 0.0743. The van der Waals surface area contributed by atoms with Crippen molar-refractivity contribution in [2.45, 2.75) is 20.8 Å². The average molecular weight is 519 g/mol. The van der Waals surface area contributed by atoms with E-state index in [9.17, 15) is 9.59 Å². The van der Waals surface area contributed by atoms with Crippen molar-refractivity contribution in [1.29, 1.82) is 0 Å². The first-order valence-corrected chi connectivity index (χ1v) is 12.1.